The highest BCUT2D eigenvalue weighted by Crippen LogP contribution is 2.24. The predicted molar refractivity (Wildman–Crippen MR) is 166 cm³/mol. The molecule has 0 saturated carbocycles. The van der Waals surface area contributed by atoms with Crippen molar-refractivity contribution in [3.05, 3.63) is 58.6 Å². The number of amides is 2. The summed E-state index contributed by atoms with van der Waals surface area (Å²) >= 11 is 6.26. The van der Waals surface area contributed by atoms with E-state index in [0.29, 0.717) is 47.1 Å². The van der Waals surface area contributed by atoms with Gasteiger partial charge in [0.1, 0.15) is 11.4 Å². The Labute approximate surface area is 253 Å². The molecule has 0 bridgehead atoms. The van der Waals surface area contributed by atoms with Crippen LogP contribution in [0.1, 0.15) is 75.7 Å². The van der Waals surface area contributed by atoms with Gasteiger partial charge in [-0.2, -0.15) is 0 Å². The van der Waals surface area contributed by atoms with Gasteiger partial charge in [0, 0.05) is 41.0 Å². The standard InChI is InChI=1S/C31H42ClN5O5/c1-5-41-27(38)10-8-18-37-17-7-6-9-24(37)20-34-26-16-13-22(32)19-25(26)29(39)35-23-14-11-21(12-15-23)28(33)36-30(40)42-31(2,3)4/h11-16,19,24,34H,5-10,17-18,20H2,1-4H3,(H,35,39)(H2,33,36,40). The molecule has 42 heavy (non-hydrogen) atoms. The third kappa shape index (κ3) is 10.6. The van der Waals surface area contributed by atoms with Gasteiger partial charge < -0.3 is 20.1 Å². The first-order chi connectivity index (χ1) is 19.9. The number of hydrogen-bond donors (Lipinski definition) is 4. The molecule has 0 radical (unpaired) electrons. The molecule has 2 amide bonds. The van der Waals surface area contributed by atoms with Gasteiger partial charge in [0.05, 0.1) is 12.2 Å². The number of amidine groups is 1. The Morgan fingerprint density at radius 2 is 1.83 bits per heavy atom. The zero-order valence-electron chi connectivity index (χ0n) is 24.8. The zero-order chi connectivity index (χ0) is 30.7. The Hall–Kier alpha value is -3.63. The van der Waals surface area contributed by atoms with Crippen LogP contribution in [-0.4, -0.2) is 66.6 Å². The zero-order valence-corrected chi connectivity index (χ0v) is 25.6. The number of benzene rings is 2. The molecule has 2 aromatic rings. The Balaban J connectivity index is 1.60. The van der Waals surface area contributed by atoms with Crippen molar-refractivity contribution in [1.29, 1.82) is 5.41 Å². The maximum absolute atomic E-state index is 13.3. The quantitative estimate of drug-likeness (QED) is 0.140. The number of nitrogens with one attached hydrogen (secondary N) is 4. The van der Waals surface area contributed by atoms with Crippen molar-refractivity contribution in [1.82, 2.24) is 10.2 Å². The number of piperidine rings is 1. The van der Waals surface area contributed by atoms with Gasteiger partial charge in [-0.3, -0.25) is 25.2 Å². The number of carbonyl (C=O) groups excluding carboxylic acids is 3. The molecule has 0 aromatic heterocycles. The lowest BCUT2D eigenvalue weighted by Crippen LogP contribution is -2.44. The van der Waals surface area contributed by atoms with Crippen molar-refractivity contribution in [3.63, 3.8) is 0 Å². The van der Waals surface area contributed by atoms with Crippen LogP contribution in [-0.2, 0) is 14.3 Å². The lowest BCUT2D eigenvalue weighted by Gasteiger charge is -2.36. The first-order valence-corrected chi connectivity index (χ1v) is 14.8. The van der Waals surface area contributed by atoms with Crippen molar-refractivity contribution < 1.29 is 23.9 Å². The third-order valence-electron chi connectivity index (χ3n) is 6.69. The molecule has 1 fully saturated rings. The second kappa shape index (κ2) is 15.6. The molecule has 11 heteroatoms. The summed E-state index contributed by atoms with van der Waals surface area (Å²) in [6.45, 7) is 9.90. The van der Waals surface area contributed by atoms with E-state index in [2.05, 4.69) is 20.9 Å². The van der Waals surface area contributed by atoms with Crippen LogP contribution in [0.2, 0.25) is 5.02 Å². The van der Waals surface area contributed by atoms with E-state index in [9.17, 15) is 14.4 Å². The summed E-state index contributed by atoms with van der Waals surface area (Å²) in [4.78, 5) is 39.4. The molecule has 0 aliphatic carbocycles. The largest absolute Gasteiger partial charge is 0.466 e. The van der Waals surface area contributed by atoms with Gasteiger partial charge in [-0.15, -0.1) is 0 Å². The van der Waals surface area contributed by atoms with Crippen molar-refractivity contribution in [2.75, 3.05) is 36.9 Å². The summed E-state index contributed by atoms with van der Waals surface area (Å²) in [5, 5.41) is 17.3. The van der Waals surface area contributed by atoms with Crippen LogP contribution < -0.4 is 16.0 Å². The minimum atomic E-state index is -0.709. The van der Waals surface area contributed by atoms with E-state index >= 15 is 0 Å². The molecule has 2 aromatic carbocycles. The Morgan fingerprint density at radius 1 is 1.10 bits per heavy atom. The van der Waals surface area contributed by atoms with Crippen LogP contribution in [0.15, 0.2) is 42.5 Å². The highest BCUT2D eigenvalue weighted by Gasteiger charge is 2.23. The summed E-state index contributed by atoms with van der Waals surface area (Å²) in [5.74, 6) is -0.600. The smallest absolute Gasteiger partial charge is 0.413 e. The monoisotopic (exact) mass is 599 g/mol. The molecule has 4 N–H and O–H groups in total. The maximum atomic E-state index is 13.3. The van der Waals surface area contributed by atoms with Crippen LogP contribution in [0, 0.1) is 5.41 Å². The van der Waals surface area contributed by atoms with Crippen molar-refractivity contribution in [2.24, 2.45) is 0 Å². The molecule has 3 rings (SSSR count). The number of alkyl carbamates (subject to hydrolysis) is 1. The Bertz CT molecular complexity index is 1250. The van der Waals surface area contributed by atoms with E-state index in [4.69, 9.17) is 26.5 Å². The fourth-order valence-corrected chi connectivity index (χ4v) is 4.90. The van der Waals surface area contributed by atoms with E-state index in [1.807, 2.05) is 6.92 Å². The average molecular weight is 600 g/mol. The first-order valence-electron chi connectivity index (χ1n) is 14.4. The molecule has 0 spiro atoms. The van der Waals surface area contributed by atoms with Gasteiger partial charge >= 0.3 is 12.1 Å². The molecule has 228 valence electrons. The van der Waals surface area contributed by atoms with E-state index < -0.39 is 11.7 Å². The fourth-order valence-electron chi connectivity index (χ4n) is 4.73. The number of anilines is 2. The molecule has 10 nitrogen and oxygen atoms in total. The van der Waals surface area contributed by atoms with Crippen LogP contribution >= 0.6 is 11.6 Å². The minimum Gasteiger partial charge on any atom is -0.466 e. The second-order valence-corrected chi connectivity index (χ2v) is 11.6. The third-order valence-corrected chi connectivity index (χ3v) is 6.93. The predicted octanol–water partition coefficient (Wildman–Crippen LogP) is 6.05. The first kappa shape index (κ1) is 32.9. The highest BCUT2D eigenvalue weighted by molar-refractivity contribution is 6.31. The SMILES string of the molecule is CCOC(=O)CCCN1CCCCC1CNc1ccc(Cl)cc1C(=O)Nc1ccc(C(=N)NC(=O)OC(C)(C)C)cc1. The number of ether oxygens (including phenoxy) is 2. The lowest BCUT2D eigenvalue weighted by molar-refractivity contribution is -0.143. The normalized spacial score (nSPS) is 15.4. The summed E-state index contributed by atoms with van der Waals surface area (Å²) in [6.07, 6.45) is 3.74. The number of likely N-dealkylation sites (tertiary alicyclic amines) is 1. The van der Waals surface area contributed by atoms with E-state index in [-0.39, 0.29) is 23.8 Å². The lowest BCUT2D eigenvalue weighted by atomic mass is 10.0. The Kier molecular flexibility index (Phi) is 12.2. The molecule has 1 saturated heterocycles. The molecular formula is C31H42ClN5O5. The Morgan fingerprint density at radius 3 is 2.52 bits per heavy atom. The molecule has 1 unspecified atom stereocenters. The van der Waals surface area contributed by atoms with Crippen molar-refractivity contribution >= 4 is 46.8 Å². The summed E-state index contributed by atoms with van der Waals surface area (Å²) in [6, 6.07) is 12.0. The molecule has 1 heterocycles. The van der Waals surface area contributed by atoms with Gasteiger partial charge in [0.25, 0.3) is 5.91 Å². The van der Waals surface area contributed by atoms with E-state index in [0.717, 1.165) is 38.8 Å². The summed E-state index contributed by atoms with van der Waals surface area (Å²) in [5.41, 5.74) is 1.40. The van der Waals surface area contributed by atoms with Gasteiger partial charge in [0.15, 0.2) is 0 Å². The second-order valence-electron chi connectivity index (χ2n) is 11.2. The van der Waals surface area contributed by atoms with Crippen LogP contribution in [0.25, 0.3) is 0 Å². The van der Waals surface area contributed by atoms with E-state index in [1.165, 1.54) is 0 Å². The number of rotatable bonds is 11. The number of esters is 1. The molecule has 1 aliphatic heterocycles. The van der Waals surface area contributed by atoms with Gasteiger partial charge in [0.2, 0.25) is 0 Å². The number of hydrogen-bond acceptors (Lipinski definition) is 8. The van der Waals surface area contributed by atoms with Gasteiger partial charge in [-0.1, -0.05) is 18.0 Å². The molecule has 1 atom stereocenters. The van der Waals surface area contributed by atoms with Gasteiger partial charge in [-0.25, -0.2) is 4.79 Å². The van der Waals surface area contributed by atoms with Crippen molar-refractivity contribution in [2.45, 2.75) is 71.4 Å². The number of carbonyl (C=O) groups is 3. The summed E-state index contributed by atoms with van der Waals surface area (Å²) in [7, 11) is 0. The van der Waals surface area contributed by atoms with Crippen LogP contribution in [0.4, 0.5) is 16.2 Å². The molecular weight excluding hydrogens is 558 g/mol. The maximum Gasteiger partial charge on any atom is 0.413 e. The van der Waals surface area contributed by atoms with Gasteiger partial charge in [-0.05, 0) is 103 Å². The topological polar surface area (TPSA) is 133 Å². The van der Waals surface area contributed by atoms with Crippen molar-refractivity contribution in [3.8, 4) is 0 Å². The number of halogens is 1. The van der Waals surface area contributed by atoms with Crippen LogP contribution in [0.3, 0.4) is 0 Å². The van der Waals surface area contributed by atoms with E-state index in [1.54, 1.807) is 63.2 Å². The minimum absolute atomic E-state index is 0.110. The molecule has 1 aliphatic rings. The number of nitrogens with zero attached hydrogens (tertiary/aromatic N) is 1. The van der Waals surface area contributed by atoms with Crippen LogP contribution in [0.5, 0.6) is 0 Å². The fraction of sp³-hybridized carbons (Fsp3) is 0.484. The average Bonchev–Trinajstić information content (AvgIpc) is 2.92. The summed E-state index contributed by atoms with van der Waals surface area (Å²) < 4.78 is 10.2. The highest BCUT2D eigenvalue weighted by atomic mass is 35.5.